The summed E-state index contributed by atoms with van der Waals surface area (Å²) in [6, 6.07) is 16.9. The van der Waals surface area contributed by atoms with E-state index in [1.807, 2.05) is 54.6 Å². The molecule has 0 aliphatic heterocycles. The van der Waals surface area contributed by atoms with Crippen LogP contribution in [0.25, 0.3) is 0 Å². The molecule has 130 valence electrons. The molecule has 1 aromatic heterocycles. The van der Waals surface area contributed by atoms with Crippen LogP contribution in [0.4, 0.5) is 5.69 Å². The zero-order valence-electron chi connectivity index (χ0n) is 13.4. The van der Waals surface area contributed by atoms with Crippen LogP contribution >= 0.6 is 27.7 Å². The average molecular weight is 429 g/mol. The van der Waals surface area contributed by atoms with Gasteiger partial charge in [-0.05, 0) is 69.2 Å². The van der Waals surface area contributed by atoms with Crippen molar-refractivity contribution in [2.75, 3.05) is 0 Å². The zero-order valence-corrected chi connectivity index (χ0v) is 15.8. The van der Waals surface area contributed by atoms with Crippen LogP contribution in [0.3, 0.4) is 0 Å². The molecule has 0 amide bonds. The van der Waals surface area contributed by atoms with Crippen molar-refractivity contribution >= 4 is 46.2 Å². The molecule has 0 aliphatic carbocycles. The smallest absolute Gasteiger partial charge is 0.219 e. The molecule has 0 bridgehead atoms. The van der Waals surface area contributed by atoms with Gasteiger partial charge < -0.3 is 9.57 Å². The SMILES string of the molecule is Brc1cnc(Sc2ccc(N=CON=COc3ccccc3)cc2)nc1. The minimum absolute atomic E-state index is 0.680. The minimum atomic E-state index is 0.680. The van der Waals surface area contributed by atoms with Crippen molar-refractivity contribution in [3.05, 3.63) is 71.5 Å². The third-order valence-electron chi connectivity index (χ3n) is 2.93. The zero-order chi connectivity index (χ0) is 18.0. The summed E-state index contributed by atoms with van der Waals surface area (Å²) in [7, 11) is 0. The first-order valence-corrected chi connectivity index (χ1v) is 9.08. The lowest BCUT2D eigenvalue weighted by molar-refractivity contribution is 0.335. The Hall–Kier alpha value is -2.71. The number of nitrogens with zero attached hydrogens (tertiary/aromatic N) is 4. The Kier molecular flexibility index (Phi) is 6.74. The van der Waals surface area contributed by atoms with Crippen molar-refractivity contribution in [2.45, 2.75) is 10.1 Å². The first-order chi connectivity index (χ1) is 12.8. The van der Waals surface area contributed by atoms with Crippen molar-refractivity contribution < 1.29 is 9.57 Å². The molecule has 0 aliphatic rings. The first kappa shape index (κ1) is 18.1. The molecule has 6 nitrogen and oxygen atoms in total. The summed E-state index contributed by atoms with van der Waals surface area (Å²) in [6.07, 6.45) is 5.88. The van der Waals surface area contributed by atoms with Gasteiger partial charge in [-0.3, -0.25) is 0 Å². The van der Waals surface area contributed by atoms with E-state index >= 15 is 0 Å². The van der Waals surface area contributed by atoms with E-state index in [9.17, 15) is 0 Å². The largest absolute Gasteiger partial charge is 0.442 e. The van der Waals surface area contributed by atoms with Gasteiger partial charge in [-0.2, -0.15) is 0 Å². The Labute approximate surface area is 163 Å². The molecule has 0 saturated heterocycles. The molecule has 0 unspecified atom stereocenters. The standard InChI is InChI=1S/C18H13BrN4O2S/c19-14-10-20-18(21-11-14)26-17-8-6-15(7-9-17)22-12-25-23-13-24-16-4-2-1-3-5-16/h1-13H. The van der Waals surface area contributed by atoms with Gasteiger partial charge in [-0.1, -0.05) is 18.2 Å². The highest BCUT2D eigenvalue weighted by Crippen LogP contribution is 2.26. The van der Waals surface area contributed by atoms with E-state index in [2.05, 4.69) is 36.0 Å². The van der Waals surface area contributed by atoms with Crippen LogP contribution in [-0.2, 0) is 4.84 Å². The molecular formula is C18H13BrN4O2S. The number of rotatable bonds is 7. The van der Waals surface area contributed by atoms with Crippen LogP contribution < -0.4 is 4.74 Å². The Morgan fingerprint density at radius 2 is 1.65 bits per heavy atom. The third kappa shape index (κ3) is 5.98. The summed E-state index contributed by atoms with van der Waals surface area (Å²) in [5.74, 6) is 0.680. The Morgan fingerprint density at radius 3 is 2.38 bits per heavy atom. The molecule has 0 saturated carbocycles. The maximum absolute atomic E-state index is 5.24. The van der Waals surface area contributed by atoms with Crippen LogP contribution in [0, 0.1) is 0 Å². The molecule has 8 heteroatoms. The Morgan fingerprint density at radius 1 is 0.923 bits per heavy atom. The number of aromatic nitrogens is 2. The molecular weight excluding hydrogens is 416 g/mol. The summed E-state index contributed by atoms with van der Waals surface area (Å²) in [6.45, 7) is 0. The predicted molar refractivity (Wildman–Crippen MR) is 105 cm³/mol. The van der Waals surface area contributed by atoms with Crippen molar-refractivity contribution in [1.82, 2.24) is 9.97 Å². The van der Waals surface area contributed by atoms with E-state index in [0.29, 0.717) is 10.9 Å². The number of halogens is 1. The topological polar surface area (TPSA) is 69.0 Å². The monoisotopic (exact) mass is 428 g/mol. The summed E-state index contributed by atoms with van der Waals surface area (Å²) in [5.41, 5.74) is 0.741. The second-order valence-corrected chi connectivity index (χ2v) is 6.72. The number of hydrogen-bond acceptors (Lipinski definition) is 7. The maximum atomic E-state index is 5.24. The molecule has 26 heavy (non-hydrogen) atoms. The van der Waals surface area contributed by atoms with Crippen LogP contribution in [0.5, 0.6) is 5.75 Å². The lowest BCUT2D eigenvalue weighted by Gasteiger charge is -2.00. The van der Waals surface area contributed by atoms with E-state index < -0.39 is 0 Å². The second kappa shape index (κ2) is 9.69. The van der Waals surface area contributed by atoms with E-state index in [1.165, 1.54) is 24.6 Å². The number of benzene rings is 2. The maximum Gasteiger partial charge on any atom is 0.219 e. The van der Waals surface area contributed by atoms with Gasteiger partial charge in [0.2, 0.25) is 12.8 Å². The van der Waals surface area contributed by atoms with Crippen molar-refractivity contribution in [2.24, 2.45) is 10.1 Å². The summed E-state index contributed by atoms with van der Waals surface area (Å²) < 4.78 is 6.09. The number of oxime groups is 1. The van der Waals surface area contributed by atoms with Gasteiger partial charge in [0.05, 0.1) is 10.2 Å². The van der Waals surface area contributed by atoms with Gasteiger partial charge in [0.25, 0.3) is 0 Å². The normalized spacial score (nSPS) is 11.1. The highest BCUT2D eigenvalue weighted by atomic mass is 79.9. The van der Waals surface area contributed by atoms with Gasteiger partial charge in [0, 0.05) is 17.3 Å². The lowest BCUT2D eigenvalue weighted by Crippen LogP contribution is -1.90. The van der Waals surface area contributed by atoms with Crippen molar-refractivity contribution in [1.29, 1.82) is 0 Å². The summed E-state index contributed by atoms with van der Waals surface area (Å²) >= 11 is 4.78. The van der Waals surface area contributed by atoms with Gasteiger partial charge in [-0.25, -0.2) is 15.0 Å². The van der Waals surface area contributed by atoms with Gasteiger partial charge in [0.15, 0.2) is 5.16 Å². The van der Waals surface area contributed by atoms with Gasteiger partial charge >= 0.3 is 0 Å². The molecule has 3 aromatic rings. The quantitative estimate of drug-likeness (QED) is 0.227. The molecule has 3 rings (SSSR count). The van der Waals surface area contributed by atoms with Crippen molar-refractivity contribution in [3.8, 4) is 5.75 Å². The summed E-state index contributed by atoms with van der Waals surface area (Å²) in [5, 5.41) is 4.32. The van der Waals surface area contributed by atoms with E-state index in [-0.39, 0.29) is 0 Å². The molecule has 1 heterocycles. The van der Waals surface area contributed by atoms with Gasteiger partial charge in [-0.15, -0.1) is 0 Å². The van der Waals surface area contributed by atoms with E-state index in [0.717, 1.165) is 15.1 Å². The second-order valence-electron chi connectivity index (χ2n) is 4.76. The number of ether oxygens (including phenoxy) is 1. The number of para-hydroxylation sites is 1. The fraction of sp³-hybridized carbons (Fsp3) is 0. The first-order valence-electron chi connectivity index (χ1n) is 7.47. The minimum Gasteiger partial charge on any atom is -0.442 e. The number of hydrogen-bond donors (Lipinski definition) is 0. The van der Waals surface area contributed by atoms with Crippen LogP contribution in [0.2, 0.25) is 0 Å². The summed E-state index contributed by atoms with van der Waals surface area (Å²) in [4.78, 5) is 18.5. The molecule has 0 radical (unpaired) electrons. The predicted octanol–water partition coefficient (Wildman–Crippen LogP) is 5.09. The Bertz CT molecular complexity index is 872. The van der Waals surface area contributed by atoms with Crippen molar-refractivity contribution in [3.63, 3.8) is 0 Å². The molecule has 0 fully saturated rings. The molecule has 0 N–H and O–H groups in total. The fourth-order valence-electron chi connectivity index (χ4n) is 1.78. The third-order valence-corrected chi connectivity index (χ3v) is 4.24. The van der Waals surface area contributed by atoms with E-state index in [1.54, 1.807) is 12.4 Å². The van der Waals surface area contributed by atoms with Crippen LogP contribution in [0.15, 0.2) is 91.7 Å². The van der Waals surface area contributed by atoms with E-state index in [4.69, 9.17) is 9.57 Å². The fourth-order valence-corrected chi connectivity index (χ4v) is 2.68. The van der Waals surface area contributed by atoms with Gasteiger partial charge in [0.1, 0.15) is 5.75 Å². The van der Waals surface area contributed by atoms with Crippen LogP contribution in [-0.4, -0.2) is 22.8 Å². The lowest BCUT2D eigenvalue weighted by atomic mass is 10.3. The molecule has 2 aromatic carbocycles. The molecule has 0 atom stereocenters. The molecule has 0 spiro atoms. The highest BCUT2D eigenvalue weighted by Gasteiger charge is 2.00. The average Bonchev–Trinajstić information content (AvgIpc) is 2.68. The Balaban J connectivity index is 1.46. The number of aliphatic imine (C=N–C) groups is 1. The highest BCUT2D eigenvalue weighted by molar-refractivity contribution is 9.10. The van der Waals surface area contributed by atoms with Crippen LogP contribution in [0.1, 0.15) is 0 Å².